The van der Waals surface area contributed by atoms with Crippen LogP contribution in [0.1, 0.15) is 36.6 Å². The van der Waals surface area contributed by atoms with Crippen LogP contribution in [0.5, 0.6) is 0 Å². The van der Waals surface area contributed by atoms with E-state index in [1.165, 1.54) is 11.3 Å². The van der Waals surface area contributed by atoms with Gasteiger partial charge in [0.25, 0.3) is 0 Å². The first-order valence-corrected chi connectivity index (χ1v) is 10.6. The lowest BCUT2D eigenvalue weighted by Crippen LogP contribution is -2.41. The number of carbonyl (C=O) groups excluding carboxylic acids is 1. The van der Waals surface area contributed by atoms with Gasteiger partial charge in [-0.25, -0.2) is 13.1 Å². The highest BCUT2D eigenvalue weighted by Gasteiger charge is 2.49. The molecule has 1 saturated carbocycles. The van der Waals surface area contributed by atoms with E-state index in [0.29, 0.717) is 0 Å². The molecule has 0 aromatic carbocycles. The highest BCUT2D eigenvalue weighted by Crippen LogP contribution is 2.42. The summed E-state index contributed by atoms with van der Waals surface area (Å²) in [7, 11) is -1.84. The quantitative estimate of drug-likeness (QED) is 0.853. The van der Waals surface area contributed by atoms with Gasteiger partial charge in [-0.2, -0.15) is 5.10 Å². The van der Waals surface area contributed by atoms with E-state index in [4.69, 9.17) is 0 Å². The standard InChI is InChI=1S/C16H20N4O3S2/c1-10-7-15(24-9-10)25(22,23)18-12-8-14(21)20(11-3-4-11)16(12)13-5-6-17-19(13)2/h5-7,9,11-12,16,18H,3-4,8H2,1-2H3/t12-,16-/m1/s1. The molecule has 9 heteroatoms. The highest BCUT2D eigenvalue weighted by molar-refractivity contribution is 7.91. The lowest BCUT2D eigenvalue weighted by Gasteiger charge is -2.28. The van der Waals surface area contributed by atoms with Crippen LogP contribution in [0.2, 0.25) is 0 Å². The van der Waals surface area contributed by atoms with Crippen molar-refractivity contribution in [1.29, 1.82) is 0 Å². The van der Waals surface area contributed by atoms with Crippen LogP contribution < -0.4 is 4.72 Å². The van der Waals surface area contributed by atoms with Gasteiger partial charge in [-0.05, 0) is 42.8 Å². The number of thiophene rings is 1. The van der Waals surface area contributed by atoms with Gasteiger partial charge in [0, 0.05) is 25.7 Å². The molecular formula is C16H20N4O3S2. The van der Waals surface area contributed by atoms with Crippen LogP contribution in [0.3, 0.4) is 0 Å². The molecule has 2 atom stereocenters. The Kier molecular flexibility index (Phi) is 3.97. The Morgan fingerprint density at radius 2 is 2.12 bits per heavy atom. The molecule has 3 heterocycles. The van der Waals surface area contributed by atoms with Crippen LogP contribution in [0, 0.1) is 6.92 Å². The summed E-state index contributed by atoms with van der Waals surface area (Å²) in [5.41, 5.74) is 1.77. The van der Waals surface area contributed by atoms with Gasteiger partial charge >= 0.3 is 0 Å². The minimum atomic E-state index is -3.65. The number of aryl methyl sites for hydroxylation is 2. The number of hydrogen-bond donors (Lipinski definition) is 1. The maximum atomic E-state index is 12.7. The molecule has 2 fully saturated rings. The first-order valence-electron chi connectivity index (χ1n) is 8.23. The lowest BCUT2D eigenvalue weighted by molar-refractivity contribution is -0.129. The molecule has 2 aromatic heterocycles. The Bertz CT molecular complexity index is 913. The summed E-state index contributed by atoms with van der Waals surface area (Å²) in [4.78, 5) is 14.4. The lowest BCUT2D eigenvalue weighted by atomic mass is 10.1. The number of likely N-dealkylation sites (tertiary alicyclic amines) is 1. The molecule has 1 saturated heterocycles. The van der Waals surface area contributed by atoms with Gasteiger partial charge in [-0.15, -0.1) is 11.3 Å². The second-order valence-corrected chi connectivity index (χ2v) is 9.58. The van der Waals surface area contributed by atoms with Crippen molar-refractivity contribution in [3.05, 3.63) is 35.0 Å². The van der Waals surface area contributed by atoms with Crippen LogP contribution in [0.25, 0.3) is 0 Å². The van der Waals surface area contributed by atoms with Crippen molar-refractivity contribution in [3.8, 4) is 0 Å². The average Bonchev–Trinajstić information content (AvgIpc) is 2.98. The molecule has 134 valence electrons. The minimum Gasteiger partial charge on any atom is -0.329 e. The Hall–Kier alpha value is -1.71. The van der Waals surface area contributed by atoms with Crippen LogP contribution in [-0.2, 0) is 21.9 Å². The van der Waals surface area contributed by atoms with Crippen molar-refractivity contribution in [3.63, 3.8) is 0 Å². The predicted octanol–water partition coefficient (Wildman–Crippen LogP) is 1.57. The summed E-state index contributed by atoms with van der Waals surface area (Å²) in [6.07, 6.45) is 3.81. The summed E-state index contributed by atoms with van der Waals surface area (Å²) in [5, 5.41) is 6.01. The number of nitrogens with one attached hydrogen (secondary N) is 1. The van der Waals surface area contributed by atoms with Gasteiger partial charge < -0.3 is 4.90 Å². The zero-order valence-electron chi connectivity index (χ0n) is 14.0. The fraction of sp³-hybridized carbons (Fsp3) is 0.500. The SMILES string of the molecule is Cc1csc(S(=O)(=O)N[C@@H]2CC(=O)N(C3CC3)[C@H]2c2ccnn2C)c1. The van der Waals surface area contributed by atoms with Crippen molar-refractivity contribution < 1.29 is 13.2 Å². The first-order chi connectivity index (χ1) is 11.9. The number of nitrogens with zero attached hydrogens (tertiary/aromatic N) is 3. The molecule has 0 bridgehead atoms. The zero-order valence-corrected chi connectivity index (χ0v) is 15.7. The van der Waals surface area contributed by atoms with Crippen LogP contribution >= 0.6 is 11.3 Å². The Labute approximate surface area is 150 Å². The van der Waals surface area contributed by atoms with Crippen molar-refractivity contribution in [1.82, 2.24) is 19.4 Å². The number of hydrogen-bond acceptors (Lipinski definition) is 5. The molecule has 0 unspecified atom stereocenters. The number of rotatable bonds is 5. The Morgan fingerprint density at radius 1 is 1.36 bits per heavy atom. The largest absolute Gasteiger partial charge is 0.329 e. The molecule has 1 aliphatic carbocycles. The van der Waals surface area contributed by atoms with Crippen molar-refractivity contribution in [2.45, 2.75) is 48.5 Å². The molecule has 25 heavy (non-hydrogen) atoms. The molecular weight excluding hydrogens is 360 g/mol. The van der Waals surface area contributed by atoms with Crippen molar-refractivity contribution in [2.24, 2.45) is 7.05 Å². The zero-order chi connectivity index (χ0) is 17.8. The van der Waals surface area contributed by atoms with E-state index >= 15 is 0 Å². The fourth-order valence-corrected chi connectivity index (χ4v) is 5.96. The topological polar surface area (TPSA) is 84.3 Å². The van der Waals surface area contributed by atoms with E-state index in [0.717, 1.165) is 24.1 Å². The molecule has 1 amide bonds. The molecule has 4 rings (SSSR count). The summed E-state index contributed by atoms with van der Waals surface area (Å²) in [5.74, 6) is 0.00348. The van der Waals surface area contributed by atoms with E-state index < -0.39 is 16.1 Å². The van der Waals surface area contributed by atoms with Gasteiger partial charge in [-0.3, -0.25) is 9.48 Å². The average molecular weight is 380 g/mol. The van der Waals surface area contributed by atoms with E-state index in [1.807, 2.05) is 30.3 Å². The molecule has 2 aliphatic rings. The van der Waals surface area contributed by atoms with E-state index in [-0.39, 0.29) is 28.6 Å². The summed E-state index contributed by atoms with van der Waals surface area (Å²) >= 11 is 1.20. The molecule has 1 N–H and O–H groups in total. The third kappa shape index (κ3) is 3.00. The van der Waals surface area contributed by atoms with Gasteiger partial charge in [0.1, 0.15) is 4.21 Å². The number of aromatic nitrogens is 2. The number of carbonyl (C=O) groups is 1. The summed E-state index contributed by atoms with van der Waals surface area (Å²) in [6.45, 7) is 1.86. The third-order valence-corrected chi connectivity index (χ3v) is 7.79. The fourth-order valence-electron chi connectivity index (χ4n) is 3.47. The van der Waals surface area contributed by atoms with E-state index in [1.54, 1.807) is 16.9 Å². The predicted molar refractivity (Wildman–Crippen MR) is 93.6 cm³/mol. The number of sulfonamides is 1. The minimum absolute atomic E-state index is 0.00348. The van der Waals surface area contributed by atoms with Crippen LogP contribution in [0.15, 0.2) is 27.9 Å². The van der Waals surface area contributed by atoms with Gasteiger partial charge in [0.05, 0.1) is 17.8 Å². The first kappa shape index (κ1) is 16.7. The van der Waals surface area contributed by atoms with Crippen molar-refractivity contribution in [2.75, 3.05) is 0 Å². The maximum absolute atomic E-state index is 12.7. The van der Waals surface area contributed by atoms with Gasteiger partial charge in [0.15, 0.2) is 0 Å². The smallest absolute Gasteiger partial charge is 0.250 e. The second kappa shape index (κ2) is 5.93. The van der Waals surface area contributed by atoms with Crippen molar-refractivity contribution >= 4 is 27.3 Å². The second-order valence-electron chi connectivity index (χ2n) is 6.73. The molecule has 7 nitrogen and oxygen atoms in total. The third-order valence-electron chi connectivity index (χ3n) is 4.74. The molecule has 2 aromatic rings. The molecule has 1 aliphatic heterocycles. The van der Waals surface area contributed by atoms with Crippen LogP contribution in [-0.4, -0.2) is 41.1 Å². The summed E-state index contributed by atoms with van der Waals surface area (Å²) in [6, 6.07) is 2.92. The maximum Gasteiger partial charge on any atom is 0.250 e. The Balaban J connectivity index is 1.67. The van der Waals surface area contributed by atoms with E-state index in [2.05, 4.69) is 9.82 Å². The van der Waals surface area contributed by atoms with Gasteiger partial charge in [0.2, 0.25) is 15.9 Å². The number of amides is 1. The molecule has 0 radical (unpaired) electrons. The van der Waals surface area contributed by atoms with Gasteiger partial charge in [-0.1, -0.05) is 0 Å². The summed E-state index contributed by atoms with van der Waals surface area (Å²) < 4.78 is 30.3. The monoisotopic (exact) mass is 380 g/mol. The van der Waals surface area contributed by atoms with Crippen LogP contribution in [0.4, 0.5) is 0 Å². The highest BCUT2D eigenvalue weighted by atomic mass is 32.2. The Morgan fingerprint density at radius 3 is 2.68 bits per heavy atom. The normalized spacial score (nSPS) is 24.2. The van der Waals surface area contributed by atoms with E-state index in [9.17, 15) is 13.2 Å². The molecule has 0 spiro atoms.